The number of amides is 1. The van der Waals surface area contributed by atoms with Gasteiger partial charge in [-0.05, 0) is 29.7 Å². The molecule has 0 spiro atoms. The van der Waals surface area contributed by atoms with Gasteiger partial charge in [0, 0.05) is 42.7 Å². The molecule has 8 heteroatoms. The van der Waals surface area contributed by atoms with E-state index in [-0.39, 0.29) is 5.91 Å². The minimum absolute atomic E-state index is 0.146. The Morgan fingerprint density at radius 3 is 2.76 bits per heavy atom. The normalized spacial score (nSPS) is 13.4. The Labute approximate surface area is 191 Å². The summed E-state index contributed by atoms with van der Waals surface area (Å²) in [6.07, 6.45) is 1.49. The van der Waals surface area contributed by atoms with Crippen molar-refractivity contribution < 1.29 is 9.53 Å². The van der Waals surface area contributed by atoms with Crippen LogP contribution in [0.4, 0.5) is 17.6 Å². The Balaban J connectivity index is 1.18. The smallest absolute Gasteiger partial charge is 0.251 e. The number of benzene rings is 3. The highest BCUT2D eigenvalue weighted by Crippen LogP contribution is 2.28. The molecule has 2 heterocycles. The fourth-order valence-electron chi connectivity index (χ4n) is 3.88. The van der Waals surface area contributed by atoms with E-state index in [1.165, 1.54) is 11.7 Å². The minimum atomic E-state index is -0.146. The van der Waals surface area contributed by atoms with E-state index in [1.54, 1.807) is 19.2 Å². The molecule has 1 aliphatic heterocycles. The molecule has 0 unspecified atom stereocenters. The number of carbonyl (C=O) groups excluding carboxylic acids is 1. The second-order valence-corrected chi connectivity index (χ2v) is 7.95. The zero-order chi connectivity index (χ0) is 22.6. The molecule has 5 rings (SSSR count). The first-order valence-corrected chi connectivity index (χ1v) is 10.8. The molecule has 3 aromatic carbocycles. The van der Waals surface area contributed by atoms with Crippen LogP contribution in [0.5, 0.6) is 5.75 Å². The quantitative estimate of drug-likeness (QED) is 0.453. The molecule has 1 aromatic heterocycles. The number of ether oxygens (including phenoxy) is 1. The summed E-state index contributed by atoms with van der Waals surface area (Å²) in [5.74, 6) is 2.23. The number of fused-ring (bicyclic) bond motifs is 1. The van der Waals surface area contributed by atoms with Gasteiger partial charge in [-0.2, -0.15) is 4.98 Å². The predicted molar refractivity (Wildman–Crippen MR) is 128 cm³/mol. The second kappa shape index (κ2) is 9.12. The summed E-state index contributed by atoms with van der Waals surface area (Å²) in [6.45, 7) is 2.29. The van der Waals surface area contributed by atoms with Crippen LogP contribution in [0.1, 0.15) is 10.4 Å². The fourth-order valence-corrected chi connectivity index (χ4v) is 3.88. The second-order valence-electron chi connectivity index (χ2n) is 7.95. The molecule has 1 fully saturated rings. The first-order valence-electron chi connectivity index (χ1n) is 10.8. The van der Waals surface area contributed by atoms with Crippen LogP contribution in [-0.4, -0.2) is 47.6 Å². The van der Waals surface area contributed by atoms with Gasteiger partial charge in [0.25, 0.3) is 5.91 Å². The molecule has 0 radical (unpaired) electrons. The first kappa shape index (κ1) is 20.7. The van der Waals surface area contributed by atoms with Crippen molar-refractivity contribution in [2.24, 2.45) is 5.92 Å². The van der Waals surface area contributed by atoms with Gasteiger partial charge in [-0.15, -0.1) is 0 Å². The Morgan fingerprint density at radius 2 is 1.88 bits per heavy atom. The third kappa shape index (κ3) is 4.55. The maximum Gasteiger partial charge on any atom is 0.251 e. The highest BCUT2D eigenvalue weighted by atomic mass is 16.5. The standard InChI is InChI=1S/C25H24N6O2/c1-26-23(32)19-8-4-9-20(12-19)29-24-27-16-28-25(30-24)31-13-17(14-31)15-33-22-11-5-7-18-6-2-3-10-21(18)22/h2-12,16-17H,13-15H2,1H3,(H,26,32)(H,27,28,29,30). The van der Waals surface area contributed by atoms with Crippen LogP contribution in [0, 0.1) is 5.92 Å². The zero-order valence-electron chi connectivity index (χ0n) is 18.2. The van der Waals surface area contributed by atoms with Gasteiger partial charge in [-0.25, -0.2) is 9.97 Å². The van der Waals surface area contributed by atoms with Gasteiger partial charge in [0.15, 0.2) is 0 Å². The van der Waals surface area contributed by atoms with E-state index < -0.39 is 0 Å². The number of carbonyl (C=O) groups is 1. The molecule has 2 N–H and O–H groups in total. The molecule has 0 bridgehead atoms. The maximum absolute atomic E-state index is 11.8. The lowest BCUT2D eigenvalue weighted by atomic mass is 10.0. The summed E-state index contributed by atoms with van der Waals surface area (Å²) in [5.41, 5.74) is 1.30. The van der Waals surface area contributed by atoms with Gasteiger partial charge in [-0.3, -0.25) is 4.79 Å². The van der Waals surface area contributed by atoms with Crippen LogP contribution >= 0.6 is 0 Å². The molecule has 1 aliphatic rings. The highest BCUT2D eigenvalue weighted by molar-refractivity contribution is 5.95. The van der Waals surface area contributed by atoms with Crippen LogP contribution in [0.3, 0.4) is 0 Å². The van der Waals surface area contributed by atoms with Crippen molar-refractivity contribution >= 4 is 34.3 Å². The number of nitrogens with one attached hydrogen (secondary N) is 2. The van der Waals surface area contributed by atoms with Crippen molar-refractivity contribution in [1.29, 1.82) is 0 Å². The summed E-state index contributed by atoms with van der Waals surface area (Å²) >= 11 is 0. The molecule has 0 atom stereocenters. The lowest BCUT2D eigenvalue weighted by Gasteiger charge is -2.38. The molecule has 1 saturated heterocycles. The maximum atomic E-state index is 11.8. The van der Waals surface area contributed by atoms with Crippen molar-refractivity contribution in [3.8, 4) is 5.75 Å². The molecule has 0 saturated carbocycles. The number of rotatable bonds is 7. The monoisotopic (exact) mass is 440 g/mol. The number of hydrogen-bond donors (Lipinski definition) is 2. The van der Waals surface area contributed by atoms with Crippen LogP contribution in [0.25, 0.3) is 10.8 Å². The molecule has 8 nitrogen and oxygen atoms in total. The minimum Gasteiger partial charge on any atom is -0.493 e. The molecule has 1 amide bonds. The molecule has 0 aliphatic carbocycles. The third-order valence-corrected chi connectivity index (χ3v) is 5.63. The van der Waals surface area contributed by atoms with E-state index in [0.717, 1.165) is 29.9 Å². The van der Waals surface area contributed by atoms with Gasteiger partial charge in [0.05, 0.1) is 6.61 Å². The molecule has 33 heavy (non-hydrogen) atoms. The van der Waals surface area contributed by atoms with Gasteiger partial charge in [0.1, 0.15) is 12.1 Å². The van der Waals surface area contributed by atoms with E-state index in [2.05, 4.69) is 48.7 Å². The van der Waals surface area contributed by atoms with E-state index in [1.807, 2.05) is 36.4 Å². The third-order valence-electron chi connectivity index (χ3n) is 5.63. The first-order chi connectivity index (χ1) is 16.2. The van der Waals surface area contributed by atoms with E-state index in [0.29, 0.717) is 30.0 Å². The van der Waals surface area contributed by atoms with Gasteiger partial charge >= 0.3 is 0 Å². The fraction of sp³-hybridized carbons (Fsp3) is 0.200. The summed E-state index contributed by atoms with van der Waals surface area (Å²) in [4.78, 5) is 27.0. The highest BCUT2D eigenvalue weighted by Gasteiger charge is 2.29. The van der Waals surface area contributed by atoms with Crippen LogP contribution < -0.4 is 20.3 Å². The lowest BCUT2D eigenvalue weighted by Crippen LogP contribution is -2.50. The molecular weight excluding hydrogens is 416 g/mol. The van der Waals surface area contributed by atoms with Crippen LogP contribution in [-0.2, 0) is 0 Å². The average Bonchev–Trinajstić information content (AvgIpc) is 2.83. The summed E-state index contributed by atoms with van der Waals surface area (Å²) in [7, 11) is 1.61. The van der Waals surface area contributed by atoms with Crippen LogP contribution in [0.15, 0.2) is 73.1 Å². The van der Waals surface area contributed by atoms with Gasteiger partial charge in [-0.1, -0.05) is 42.5 Å². The number of aromatic nitrogens is 3. The van der Waals surface area contributed by atoms with Crippen molar-refractivity contribution in [1.82, 2.24) is 20.3 Å². The van der Waals surface area contributed by atoms with Gasteiger partial charge < -0.3 is 20.3 Å². The van der Waals surface area contributed by atoms with E-state index in [9.17, 15) is 4.79 Å². The lowest BCUT2D eigenvalue weighted by molar-refractivity contribution is 0.0963. The van der Waals surface area contributed by atoms with Crippen molar-refractivity contribution in [3.05, 3.63) is 78.6 Å². The summed E-state index contributed by atoms with van der Waals surface area (Å²) in [5, 5.41) is 8.07. The summed E-state index contributed by atoms with van der Waals surface area (Å²) in [6, 6.07) is 21.6. The summed E-state index contributed by atoms with van der Waals surface area (Å²) < 4.78 is 6.13. The average molecular weight is 441 g/mol. The van der Waals surface area contributed by atoms with Crippen LogP contribution in [0.2, 0.25) is 0 Å². The Bertz CT molecular complexity index is 1280. The number of nitrogens with zero attached hydrogens (tertiary/aromatic N) is 4. The molecular formula is C25H24N6O2. The van der Waals surface area contributed by atoms with Crippen molar-refractivity contribution in [3.63, 3.8) is 0 Å². The SMILES string of the molecule is CNC(=O)c1cccc(Nc2ncnc(N3CC(COc4cccc5ccccc45)C3)n2)c1. The van der Waals surface area contributed by atoms with E-state index >= 15 is 0 Å². The van der Waals surface area contributed by atoms with Gasteiger partial charge in [0.2, 0.25) is 11.9 Å². The Kier molecular flexibility index (Phi) is 5.72. The zero-order valence-corrected chi connectivity index (χ0v) is 18.2. The Hall–Kier alpha value is -4.20. The largest absolute Gasteiger partial charge is 0.493 e. The number of hydrogen-bond acceptors (Lipinski definition) is 7. The van der Waals surface area contributed by atoms with Crippen molar-refractivity contribution in [2.45, 2.75) is 0 Å². The molecule has 4 aromatic rings. The molecule has 166 valence electrons. The topological polar surface area (TPSA) is 92.3 Å². The predicted octanol–water partition coefficient (Wildman–Crippen LogP) is 3.64. The number of anilines is 3. The van der Waals surface area contributed by atoms with E-state index in [4.69, 9.17) is 4.74 Å². The van der Waals surface area contributed by atoms with Crippen molar-refractivity contribution in [2.75, 3.05) is 37.0 Å². The Morgan fingerprint density at radius 1 is 1.06 bits per heavy atom.